The SMILES string of the molecule is CN(c1ccc[n+]([O-])c1)S(=O)(=O)CCl. The summed E-state index contributed by atoms with van der Waals surface area (Å²) in [7, 11) is -2.18. The van der Waals surface area contributed by atoms with Gasteiger partial charge >= 0.3 is 0 Å². The third kappa shape index (κ3) is 2.27. The molecule has 78 valence electrons. The number of hydrogen-bond donors (Lipinski definition) is 0. The van der Waals surface area contributed by atoms with E-state index in [0.29, 0.717) is 4.73 Å². The van der Waals surface area contributed by atoms with Crippen LogP contribution < -0.4 is 9.04 Å². The van der Waals surface area contributed by atoms with E-state index in [4.69, 9.17) is 11.6 Å². The molecule has 14 heavy (non-hydrogen) atoms. The molecule has 7 heteroatoms. The molecule has 0 saturated carbocycles. The molecule has 0 bridgehead atoms. The number of hydrogen-bond acceptors (Lipinski definition) is 3. The summed E-state index contributed by atoms with van der Waals surface area (Å²) in [5.74, 6) is 0. The van der Waals surface area contributed by atoms with Crippen molar-refractivity contribution in [3.63, 3.8) is 0 Å². The smallest absolute Gasteiger partial charge is 0.249 e. The highest BCUT2D eigenvalue weighted by atomic mass is 35.5. The van der Waals surface area contributed by atoms with Crippen LogP contribution in [0.5, 0.6) is 0 Å². The van der Waals surface area contributed by atoms with E-state index >= 15 is 0 Å². The average molecular weight is 237 g/mol. The number of sulfonamides is 1. The summed E-state index contributed by atoms with van der Waals surface area (Å²) in [6.45, 7) is 0. The summed E-state index contributed by atoms with van der Waals surface area (Å²) < 4.78 is 24.1. The molecular weight excluding hydrogens is 228 g/mol. The fourth-order valence-electron chi connectivity index (χ4n) is 0.863. The van der Waals surface area contributed by atoms with Gasteiger partial charge in [0.2, 0.25) is 16.2 Å². The van der Waals surface area contributed by atoms with Gasteiger partial charge in [-0.15, -0.1) is 11.6 Å². The molecule has 1 aromatic rings. The number of alkyl halides is 1. The molecule has 0 fully saturated rings. The van der Waals surface area contributed by atoms with Crippen molar-refractivity contribution in [3.05, 3.63) is 29.7 Å². The number of halogens is 1. The van der Waals surface area contributed by atoms with Crippen molar-refractivity contribution in [3.8, 4) is 0 Å². The second-order valence-corrected chi connectivity index (χ2v) is 5.19. The number of pyridine rings is 1. The minimum Gasteiger partial charge on any atom is -0.619 e. The highest BCUT2D eigenvalue weighted by Gasteiger charge is 2.18. The van der Waals surface area contributed by atoms with Crippen LogP contribution in [0.3, 0.4) is 0 Å². The zero-order chi connectivity index (χ0) is 10.8. The number of aromatic nitrogens is 1. The summed E-state index contributed by atoms with van der Waals surface area (Å²) >= 11 is 5.26. The molecule has 1 aromatic heterocycles. The van der Waals surface area contributed by atoms with Crippen LogP contribution in [0.2, 0.25) is 0 Å². The van der Waals surface area contributed by atoms with Crippen molar-refractivity contribution < 1.29 is 13.1 Å². The lowest BCUT2D eigenvalue weighted by atomic mass is 10.4. The Morgan fingerprint density at radius 3 is 2.79 bits per heavy atom. The first kappa shape index (κ1) is 11.1. The predicted octanol–water partition coefficient (Wildman–Crippen LogP) is 0.282. The quantitative estimate of drug-likeness (QED) is 0.430. The number of rotatable bonds is 3. The first-order valence-electron chi connectivity index (χ1n) is 3.69. The van der Waals surface area contributed by atoms with Crippen LogP contribution in [0.4, 0.5) is 5.69 Å². The third-order valence-corrected chi connectivity index (χ3v) is 3.83. The van der Waals surface area contributed by atoms with E-state index in [1.807, 2.05) is 0 Å². The molecule has 0 amide bonds. The van der Waals surface area contributed by atoms with Gasteiger partial charge < -0.3 is 5.21 Å². The first-order valence-corrected chi connectivity index (χ1v) is 5.83. The monoisotopic (exact) mass is 236 g/mol. The maximum absolute atomic E-state index is 11.3. The molecule has 1 rings (SSSR count). The fraction of sp³-hybridized carbons (Fsp3) is 0.286. The van der Waals surface area contributed by atoms with Crippen LogP contribution in [-0.4, -0.2) is 20.7 Å². The van der Waals surface area contributed by atoms with Crippen LogP contribution in [-0.2, 0) is 10.0 Å². The third-order valence-electron chi connectivity index (χ3n) is 1.68. The maximum Gasteiger partial charge on any atom is 0.249 e. The number of anilines is 1. The Morgan fingerprint density at radius 1 is 1.64 bits per heavy atom. The van der Waals surface area contributed by atoms with E-state index < -0.39 is 15.2 Å². The van der Waals surface area contributed by atoms with E-state index in [9.17, 15) is 13.6 Å². The van der Waals surface area contributed by atoms with Crippen molar-refractivity contribution in [1.29, 1.82) is 0 Å². The average Bonchev–Trinajstić information content (AvgIpc) is 2.16. The van der Waals surface area contributed by atoms with Crippen LogP contribution in [0.1, 0.15) is 0 Å². The largest absolute Gasteiger partial charge is 0.619 e. The predicted molar refractivity (Wildman–Crippen MR) is 53.4 cm³/mol. The first-order chi connectivity index (χ1) is 6.47. The minimum absolute atomic E-state index is 0.281. The molecule has 0 atom stereocenters. The summed E-state index contributed by atoms with van der Waals surface area (Å²) in [5, 5.41) is 10.4. The Labute approximate surface area is 87.2 Å². The fourth-order valence-corrected chi connectivity index (χ4v) is 1.88. The van der Waals surface area contributed by atoms with Gasteiger partial charge in [0.25, 0.3) is 0 Å². The van der Waals surface area contributed by atoms with E-state index in [2.05, 4.69) is 0 Å². The Morgan fingerprint density at radius 2 is 2.29 bits per heavy atom. The highest BCUT2D eigenvalue weighted by molar-refractivity contribution is 7.93. The van der Waals surface area contributed by atoms with Gasteiger partial charge in [-0.25, -0.2) is 8.42 Å². The molecule has 0 aliphatic heterocycles. The second kappa shape index (κ2) is 4.02. The summed E-state index contributed by atoms with van der Waals surface area (Å²) in [6, 6.07) is 2.97. The topological polar surface area (TPSA) is 64.3 Å². The van der Waals surface area contributed by atoms with Gasteiger partial charge in [0, 0.05) is 13.1 Å². The van der Waals surface area contributed by atoms with E-state index in [0.717, 1.165) is 10.5 Å². The lowest BCUT2D eigenvalue weighted by Crippen LogP contribution is -2.31. The standard InChI is InChI=1S/C7H9ClN2O3S/c1-9(14(12,13)6-8)7-3-2-4-10(11)5-7/h2-5H,6H2,1H3. The van der Waals surface area contributed by atoms with E-state index in [-0.39, 0.29) is 5.69 Å². The van der Waals surface area contributed by atoms with Gasteiger partial charge in [-0.3, -0.25) is 4.31 Å². The Balaban J connectivity index is 3.07. The Bertz CT molecular complexity index is 421. The minimum atomic E-state index is -3.52. The van der Waals surface area contributed by atoms with Crippen LogP contribution in [0.15, 0.2) is 24.5 Å². The van der Waals surface area contributed by atoms with Crippen molar-refractivity contribution >= 4 is 27.3 Å². The molecule has 0 N–H and O–H groups in total. The van der Waals surface area contributed by atoms with Gasteiger partial charge in [-0.2, -0.15) is 4.73 Å². The summed E-state index contributed by atoms with van der Waals surface area (Å²) in [5.41, 5.74) is 0.281. The molecular formula is C7H9ClN2O3S. The molecule has 0 saturated heterocycles. The van der Waals surface area contributed by atoms with Crippen LogP contribution >= 0.6 is 11.6 Å². The molecule has 1 heterocycles. The molecule has 0 radical (unpaired) electrons. The summed E-state index contributed by atoms with van der Waals surface area (Å²) in [4.78, 5) is 0. The van der Waals surface area contributed by atoms with Gasteiger partial charge in [-0.05, 0) is 6.07 Å². The zero-order valence-corrected chi connectivity index (χ0v) is 8.99. The van der Waals surface area contributed by atoms with Crippen molar-refractivity contribution in [2.24, 2.45) is 0 Å². The Hall–Kier alpha value is -1.01. The van der Waals surface area contributed by atoms with Crippen molar-refractivity contribution in [2.45, 2.75) is 0 Å². The molecule has 0 aliphatic carbocycles. The molecule has 0 spiro atoms. The molecule has 0 aliphatic rings. The molecule has 0 aromatic carbocycles. The second-order valence-electron chi connectivity index (χ2n) is 2.61. The summed E-state index contributed by atoms with van der Waals surface area (Å²) in [6.07, 6.45) is 2.43. The molecule has 5 nitrogen and oxygen atoms in total. The lowest BCUT2D eigenvalue weighted by Gasteiger charge is -2.16. The maximum atomic E-state index is 11.3. The van der Waals surface area contributed by atoms with E-state index in [1.54, 1.807) is 0 Å². The van der Waals surface area contributed by atoms with Crippen LogP contribution in [0.25, 0.3) is 0 Å². The van der Waals surface area contributed by atoms with Gasteiger partial charge in [0.05, 0.1) is 0 Å². The van der Waals surface area contributed by atoms with Gasteiger partial charge in [0.15, 0.2) is 6.20 Å². The van der Waals surface area contributed by atoms with Crippen molar-refractivity contribution in [2.75, 3.05) is 16.6 Å². The van der Waals surface area contributed by atoms with Crippen molar-refractivity contribution in [1.82, 2.24) is 0 Å². The number of nitrogens with zero attached hydrogens (tertiary/aromatic N) is 2. The Kier molecular flexibility index (Phi) is 3.17. The molecule has 0 unspecified atom stereocenters. The van der Waals surface area contributed by atoms with Crippen LogP contribution in [0, 0.1) is 5.21 Å². The highest BCUT2D eigenvalue weighted by Crippen LogP contribution is 2.13. The van der Waals surface area contributed by atoms with E-state index in [1.165, 1.54) is 25.4 Å². The zero-order valence-electron chi connectivity index (χ0n) is 7.42. The normalized spacial score (nSPS) is 11.3. The van der Waals surface area contributed by atoms with Gasteiger partial charge in [0.1, 0.15) is 10.9 Å². The van der Waals surface area contributed by atoms with Gasteiger partial charge in [-0.1, -0.05) is 0 Å². The lowest BCUT2D eigenvalue weighted by molar-refractivity contribution is -0.604.